The fraction of sp³-hybridized carbons (Fsp3) is 0.200. The predicted molar refractivity (Wildman–Crippen MR) is 45.1 cm³/mol. The average molecular weight is 222 g/mol. The van der Waals surface area contributed by atoms with Crippen molar-refractivity contribution in [2.75, 3.05) is 0 Å². The van der Waals surface area contributed by atoms with E-state index >= 15 is 0 Å². The van der Waals surface area contributed by atoms with Crippen LogP contribution < -0.4 is 0 Å². The summed E-state index contributed by atoms with van der Waals surface area (Å²) in [5, 5.41) is 6.72. The zero-order valence-electron chi connectivity index (χ0n) is 4.56. The lowest BCUT2D eigenvalue weighted by molar-refractivity contribution is 1.45. The molecule has 44 valence electrons. The van der Waals surface area contributed by atoms with Crippen LogP contribution in [0.5, 0.6) is 0 Å². The normalized spacial score (nSPS) is 12.5. The smallest absolute Gasteiger partial charge is 0.0651 e. The second-order valence-corrected chi connectivity index (χ2v) is 1.82. The summed E-state index contributed by atoms with van der Waals surface area (Å²) in [6.07, 6.45) is 2.91. The maximum absolute atomic E-state index is 6.72. The number of nitrogens with zero attached hydrogens (tertiary/aromatic N) is 1. The van der Waals surface area contributed by atoms with Crippen LogP contribution in [-0.4, -0.2) is 10.4 Å². The highest BCUT2D eigenvalue weighted by Crippen LogP contribution is 1.86. The highest BCUT2D eigenvalue weighted by Gasteiger charge is 1.73. The van der Waals surface area contributed by atoms with Crippen LogP contribution in [0.25, 0.3) is 0 Å². The van der Waals surface area contributed by atoms with Crippen molar-refractivity contribution in [2.24, 2.45) is 4.99 Å². The maximum atomic E-state index is 6.72. The molecule has 3 heteroatoms. The lowest BCUT2D eigenvalue weighted by atomic mass is 10.4. The van der Waals surface area contributed by atoms with E-state index in [0.29, 0.717) is 0 Å². The summed E-state index contributed by atoms with van der Waals surface area (Å²) in [6.45, 7) is 1.83. The van der Waals surface area contributed by atoms with E-state index in [1.807, 2.05) is 29.5 Å². The van der Waals surface area contributed by atoms with Gasteiger partial charge in [0.2, 0.25) is 0 Å². The topological polar surface area (TPSA) is 36.2 Å². The summed E-state index contributed by atoms with van der Waals surface area (Å²) >= 11 is 2.03. The molecule has 0 rings (SSSR count). The van der Waals surface area contributed by atoms with Gasteiger partial charge in [-0.25, -0.2) is 0 Å². The van der Waals surface area contributed by atoms with Gasteiger partial charge in [-0.3, -0.25) is 4.99 Å². The first-order chi connectivity index (χ1) is 3.81. The standard InChI is InChI=1S/C5H7IN2/c1-5(2-7)3-8-4-6/h2-4,7H,1H3/b5-3-,7-2?,8-4?. The van der Waals surface area contributed by atoms with Crippen LogP contribution in [-0.2, 0) is 0 Å². The molecule has 0 atom stereocenters. The Kier molecular flexibility index (Phi) is 4.84. The first-order valence-corrected chi connectivity index (χ1v) is 3.35. The van der Waals surface area contributed by atoms with E-state index in [2.05, 4.69) is 4.99 Å². The first-order valence-electron chi connectivity index (χ1n) is 2.10. The van der Waals surface area contributed by atoms with Crippen LogP contribution in [0.3, 0.4) is 0 Å². The molecule has 1 N–H and O–H groups in total. The van der Waals surface area contributed by atoms with Gasteiger partial charge in [0.05, 0.1) is 4.22 Å². The van der Waals surface area contributed by atoms with Crippen LogP contribution in [0.15, 0.2) is 16.8 Å². The predicted octanol–water partition coefficient (Wildman–Crippen LogP) is 2.00. The largest absolute Gasteiger partial charge is 0.308 e. The highest BCUT2D eigenvalue weighted by molar-refractivity contribution is 14.1. The molecule has 0 aromatic heterocycles. The van der Waals surface area contributed by atoms with Crippen LogP contribution in [0.1, 0.15) is 6.92 Å². The summed E-state index contributed by atoms with van der Waals surface area (Å²) in [4.78, 5) is 3.79. The van der Waals surface area contributed by atoms with Gasteiger partial charge >= 0.3 is 0 Å². The third kappa shape index (κ3) is 3.98. The van der Waals surface area contributed by atoms with E-state index in [-0.39, 0.29) is 0 Å². The minimum atomic E-state index is 0.859. The van der Waals surface area contributed by atoms with Crippen molar-refractivity contribution in [3.8, 4) is 0 Å². The molecule has 0 heterocycles. The van der Waals surface area contributed by atoms with Gasteiger partial charge in [0.1, 0.15) is 0 Å². The molecule has 0 bridgehead atoms. The van der Waals surface area contributed by atoms with Gasteiger partial charge in [0, 0.05) is 12.4 Å². The molecular formula is C5H7IN2. The number of hydrogen-bond donors (Lipinski definition) is 1. The third-order valence-corrected chi connectivity index (χ3v) is 0.884. The fourth-order valence-electron chi connectivity index (χ4n) is 0.183. The molecule has 0 aliphatic heterocycles. The zero-order chi connectivity index (χ0) is 6.41. The van der Waals surface area contributed by atoms with E-state index in [9.17, 15) is 0 Å². The minimum Gasteiger partial charge on any atom is -0.308 e. The summed E-state index contributed by atoms with van der Waals surface area (Å²) in [6, 6.07) is 0. The Morgan fingerprint density at radius 3 is 2.75 bits per heavy atom. The Balaban J connectivity index is 3.74. The number of nitrogens with one attached hydrogen (secondary N) is 1. The van der Waals surface area contributed by atoms with Crippen LogP contribution in [0.2, 0.25) is 0 Å². The maximum Gasteiger partial charge on any atom is 0.0651 e. The van der Waals surface area contributed by atoms with Crippen LogP contribution in [0, 0.1) is 5.41 Å². The van der Waals surface area contributed by atoms with Crippen molar-refractivity contribution in [3.05, 3.63) is 11.8 Å². The second kappa shape index (κ2) is 4.96. The lowest BCUT2D eigenvalue weighted by Crippen LogP contribution is -1.70. The molecule has 0 amide bonds. The molecule has 0 aliphatic carbocycles. The lowest BCUT2D eigenvalue weighted by Gasteiger charge is -1.79. The first kappa shape index (κ1) is 7.81. The van der Waals surface area contributed by atoms with Crippen molar-refractivity contribution >= 4 is 33.0 Å². The Bertz CT molecular complexity index is 126. The van der Waals surface area contributed by atoms with Gasteiger partial charge in [-0.05, 0) is 35.1 Å². The number of rotatable bonds is 2. The summed E-state index contributed by atoms with van der Waals surface area (Å²) in [5.41, 5.74) is 0.859. The van der Waals surface area contributed by atoms with Crippen LogP contribution in [0.4, 0.5) is 0 Å². The highest BCUT2D eigenvalue weighted by atomic mass is 127. The number of hydrogen-bond acceptors (Lipinski definition) is 2. The Morgan fingerprint density at radius 2 is 2.38 bits per heavy atom. The van der Waals surface area contributed by atoms with Gasteiger partial charge in [0.15, 0.2) is 0 Å². The summed E-state index contributed by atoms with van der Waals surface area (Å²) in [5.74, 6) is 0. The summed E-state index contributed by atoms with van der Waals surface area (Å²) in [7, 11) is 0. The molecule has 0 spiro atoms. The molecule has 0 saturated carbocycles. The van der Waals surface area contributed by atoms with E-state index in [4.69, 9.17) is 5.41 Å². The molecular weight excluding hydrogens is 215 g/mol. The third-order valence-electron chi connectivity index (χ3n) is 0.562. The second-order valence-electron chi connectivity index (χ2n) is 1.26. The van der Waals surface area contributed by atoms with Gasteiger partial charge in [-0.2, -0.15) is 0 Å². The summed E-state index contributed by atoms with van der Waals surface area (Å²) < 4.78 is 1.66. The number of aliphatic imine (C=N–C) groups is 1. The minimum absolute atomic E-state index is 0.859. The van der Waals surface area contributed by atoms with Gasteiger partial charge in [-0.1, -0.05) is 0 Å². The van der Waals surface area contributed by atoms with Gasteiger partial charge in [-0.15, -0.1) is 0 Å². The van der Waals surface area contributed by atoms with Crippen molar-refractivity contribution in [1.82, 2.24) is 0 Å². The molecule has 2 nitrogen and oxygen atoms in total. The SMILES string of the molecule is C/C(C=N)=C/N=CI. The molecule has 0 saturated heterocycles. The Morgan fingerprint density at radius 1 is 1.75 bits per heavy atom. The average Bonchev–Trinajstić information content (AvgIpc) is 1.83. The Hall–Kier alpha value is -0.190. The van der Waals surface area contributed by atoms with Gasteiger partial charge in [0.25, 0.3) is 0 Å². The molecule has 0 aromatic carbocycles. The monoisotopic (exact) mass is 222 g/mol. The fourth-order valence-corrected chi connectivity index (χ4v) is 0.344. The molecule has 8 heavy (non-hydrogen) atoms. The molecule has 0 aromatic rings. The van der Waals surface area contributed by atoms with E-state index in [1.54, 1.807) is 10.4 Å². The molecule has 0 unspecified atom stereocenters. The van der Waals surface area contributed by atoms with E-state index < -0.39 is 0 Å². The van der Waals surface area contributed by atoms with Crippen LogP contribution >= 0.6 is 22.6 Å². The molecule has 0 fully saturated rings. The van der Waals surface area contributed by atoms with Gasteiger partial charge < -0.3 is 5.41 Å². The zero-order valence-corrected chi connectivity index (χ0v) is 6.71. The molecule has 0 radical (unpaired) electrons. The number of halogens is 1. The van der Waals surface area contributed by atoms with Crippen molar-refractivity contribution in [1.29, 1.82) is 5.41 Å². The number of allylic oxidation sites excluding steroid dienone is 1. The van der Waals surface area contributed by atoms with Crippen molar-refractivity contribution in [3.63, 3.8) is 0 Å². The van der Waals surface area contributed by atoms with Crippen molar-refractivity contribution < 1.29 is 0 Å². The quantitative estimate of drug-likeness (QED) is 0.548. The van der Waals surface area contributed by atoms with Crippen molar-refractivity contribution in [2.45, 2.75) is 6.92 Å². The van der Waals surface area contributed by atoms with E-state index in [0.717, 1.165) is 5.57 Å². The molecule has 0 aliphatic rings. The Labute approximate surface area is 62.4 Å². The van der Waals surface area contributed by atoms with E-state index in [1.165, 1.54) is 6.21 Å².